The van der Waals surface area contributed by atoms with E-state index < -0.39 is 0 Å². The zero-order valence-electron chi connectivity index (χ0n) is 14.9. The first-order chi connectivity index (χ1) is 12.8. The Morgan fingerprint density at radius 1 is 1.04 bits per heavy atom. The molecule has 138 valence electrons. The van der Waals surface area contributed by atoms with Gasteiger partial charge in [0.05, 0.1) is 6.54 Å². The molecule has 0 atom stereocenters. The van der Waals surface area contributed by atoms with Crippen LogP contribution in [0.1, 0.15) is 6.42 Å². The Morgan fingerprint density at radius 2 is 1.77 bits per heavy atom. The number of anilines is 1. The van der Waals surface area contributed by atoms with Crippen molar-refractivity contribution < 1.29 is 4.79 Å². The number of amides is 1. The minimum atomic E-state index is 0.110. The van der Waals surface area contributed by atoms with E-state index >= 15 is 0 Å². The molecule has 1 aliphatic heterocycles. The van der Waals surface area contributed by atoms with E-state index in [1.54, 1.807) is 12.4 Å². The summed E-state index contributed by atoms with van der Waals surface area (Å²) in [7, 11) is 0. The monoisotopic (exact) mass is 371 g/mol. The van der Waals surface area contributed by atoms with Crippen LogP contribution < -0.4 is 10.2 Å². The van der Waals surface area contributed by atoms with Gasteiger partial charge in [-0.3, -0.25) is 9.69 Å². The van der Waals surface area contributed by atoms with Gasteiger partial charge in [-0.05, 0) is 30.4 Å². The number of aromatic nitrogens is 2. The number of carbonyl (C=O) groups excluding carboxylic acids is 1. The van der Waals surface area contributed by atoms with Crippen LogP contribution in [-0.4, -0.2) is 65.8 Å². The molecule has 6 nitrogen and oxygen atoms in total. The summed E-state index contributed by atoms with van der Waals surface area (Å²) in [5, 5.41) is 3.03. The summed E-state index contributed by atoms with van der Waals surface area (Å²) in [5.41, 5.74) is 0. The van der Waals surface area contributed by atoms with Crippen LogP contribution in [0.15, 0.2) is 53.7 Å². The maximum Gasteiger partial charge on any atom is 0.234 e. The van der Waals surface area contributed by atoms with Crippen LogP contribution in [0, 0.1) is 0 Å². The Labute approximate surface area is 159 Å². The first-order valence-corrected chi connectivity index (χ1v) is 9.99. The van der Waals surface area contributed by atoms with Gasteiger partial charge in [0.15, 0.2) is 0 Å². The van der Waals surface area contributed by atoms with Gasteiger partial charge in [0.2, 0.25) is 11.9 Å². The second-order valence-corrected chi connectivity index (χ2v) is 7.35. The zero-order valence-corrected chi connectivity index (χ0v) is 15.7. The summed E-state index contributed by atoms with van der Waals surface area (Å²) in [4.78, 5) is 26.3. The van der Waals surface area contributed by atoms with Crippen molar-refractivity contribution in [1.82, 2.24) is 20.2 Å². The molecule has 2 heterocycles. The lowest BCUT2D eigenvalue weighted by Crippen LogP contribution is -2.50. The Bertz CT molecular complexity index is 662. The first-order valence-electron chi connectivity index (χ1n) is 9.00. The van der Waals surface area contributed by atoms with E-state index in [9.17, 15) is 4.79 Å². The molecule has 26 heavy (non-hydrogen) atoms. The van der Waals surface area contributed by atoms with Gasteiger partial charge in [0.25, 0.3) is 0 Å². The van der Waals surface area contributed by atoms with Gasteiger partial charge in [-0.2, -0.15) is 0 Å². The van der Waals surface area contributed by atoms with Crippen molar-refractivity contribution in [3.63, 3.8) is 0 Å². The average molecular weight is 372 g/mol. The molecular weight excluding hydrogens is 346 g/mol. The number of thioether (sulfide) groups is 1. The fourth-order valence-electron chi connectivity index (χ4n) is 2.83. The lowest BCUT2D eigenvalue weighted by Gasteiger charge is -2.34. The van der Waals surface area contributed by atoms with Crippen molar-refractivity contribution in [2.24, 2.45) is 0 Å². The van der Waals surface area contributed by atoms with Gasteiger partial charge >= 0.3 is 0 Å². The summed E-state index contributed by atoms with van der Waals surface area (Å²) in [6, 6.07) is 12.2. The number of carbonyl (C=O) groups is 1. The molecule has 0 spiro atoms. The fraction of sp³-hybridized carbons (Fsp3) is 0.421. The predicted molar refractivity (Wildman–Crippen MR) is 105 cm³/mol. The lowest BCUT2D eigenvalue weighted by atomic mass is 10.3. The van der Waals surface area contributed by atoms with E-state index in [2.05, 4.69) is 37.2 Å². The second-order valence-electron chi connectivity index (χ2n) is 6.18. The summed E-state index contributed by atoms with van der Waals surface area (Å²) in [6.45, 7) is 4.62. The Kier molecular flexibility index (Phi) is 7.27. The first kappa shape index (κ1) is 18.7. The molecule has 0 aliphatic carbocycles. The largest absolute Gasteiger partial charge is 0.355 e. The molecule has 0 saturated carbocycles. The van der Waals surface area contributed by atoms with Gasteiger partial charge in [0, 0.05) is 50.0 Å². The average Bonchev–Trinajstić information content (AvgIpc) is 2.70. The third kappa shape index (κ3) is 6.00. The van der Waals surface area contributed by atoms with Crippen molar-refractivity contribution in [2.75, 3.05) is 49.9 Å². The van der Waals surface area contributed by atoms with Crippen LogP contribution in [0.2, 0.25) is 0 Å². The van der Waals surface area contributed by atoms with Crippen LogP contribution in [0.25, 0.3) is 0 Å². The number of nitrogens with zero attached hydrogens (tertiary/aromatic N) is 4. The van der Waals surface area contributed by atoms with Crippen LogP contribution in [0.5, 0.6) is 0 Å². The van der Waals surface area contributed by atoms with Crippen LogP contribution in [0.4, 0.5) is 5.95 Å². The molecule has 1 amide bonds. The highest BCUT2D eigenvalue weighted by Crippen LogP contribution is 2.17. The van der Waals surface area contributed by atoms with Gasteiger partial charge < -0.3 is 10.2 Å². The third-order valence-electron chi connectivity index (χ3n) is 4.23. The summed E-state index contributed by atoms with van der Waals surface area (Å²) in [6.07, 6.45) is 4.50. The highest BCUT2D eigenvalue weighted by atomic mass is 32.2. The van der Waals surface area contributed by atoms with Gasteiger partial charge in [-0.25, -0.2) is 9.97 Å². The van der Waals surface area contributed by atoms with Crippen LogP contribution >= 0.6 is 11.8 Å². The molecule has 1 aromatic carbocycles. The second kappa shape index (κ2) is 10.1. The number of hydrogen-bond donors (Lipinski definition) is 1. The Hall–Kier alpha value is -2.12. The van der Waals surface area contributed by atoms with Crippen molar-refractivity contribution in [3.05, 3.63) is 48.8 Å². The molecule has 3 rings (SSSR count). The van der Waals surface area contributed by atoms with E-state index in [0.29, 0.717) is 6.54 Å². The maximum atomic E-state index is 12.1. The van der Waals surface area contributed by atoms with Crippen molar-refractivity contribution >= 4 is 23.6 Å². The minimum absolute atomic E-state index is 0.110. The van der Waals surface area contributed by atoms with E-state index in [4.69, 9.17) is 0 Å². The quantitative estimate of drug-likeness (QED) is 0.565. The van der Waals surface area contributed by atoms with E-state index in [1.165, 1.54) is 4.90 Å². The molecule has 2 aromatic rings. The summed E-state index contributed by atoms with van der Waals surface area (Å²) >= 11 is 1.83. The molecule has 0 unspecified atom stereocenters. The SMILES string of the molecule is O=C(CN1CCN(c2ncccn2)CC1)NCCCSc1ccccc1. The lowest BCUT2D eigenvalue weighted by molar-refractivity contribution is -0.122. The van der Waals surface area contributed by atoms with Gasteiger partial charge in [-0.1, -0.05) is 18.2 Å². The number of benzene rings is 1. The van der Waals surface area contributed by atoms with E-state index in [1.807, 2.05) is 36.0 Å². The fourth-order valence-corrected chi connectivity index (χ4v) is 3.70. The highest BCUT2D eigenvalue weighted by Gasteiger charge is 2.20. The van der Waals surface area contributed by atoms with Crippen LogP contribution in [-0.2, 0) is 4.79 Å². The van der Waals surface area contributed by atoms with Crippen LogP contribution in [0.3, 0.4) is 0 Å². The number of piperazine rings is 1. The Morgan fingerprint density at radius 3 is 2.50 bits per heavy atom. The molecule has 7 heteroatoms. The number of hydrogen-bond acceptors (Lipinski definition) is 6. The standard InChI is InChI=1S/C19H25N5OS/c25-18(20-10-5-15-26-17-6-2-1-3-7-17)16-23-11-13-24(14-12-23)19-21-8-4-9-22-19/h1-4,6-9H,5,10-16H2,(H,20,25). The van der Waals surface area contributed by atoms with E-state index in [-0.39, 0.29) is 5.91 Å². The summed E-state index contributed by atoms with van der Waals surface area (Å²) in [5.74, 6) is 1.90. The summed E-state index contributed by atoms with van der Waals surface area (Å²) < 4.78 is 0. The molecule has 1 aliphatic rings. The highest BCUT2D eigenvalue weighted by molar-refractivity contribution is 7.99. The predicted octanol–water partition coefficient (Wildman–Crippen LogP) is 1.90. The Balaban J connectivity index is 1.27. The molecule has 0 radical (unpaired) electrons. The normalized spacial score (nSPS) is 15.0. The number of rotatable bonds is 8. The third-order valence-corrected chi connectivity index (χ3v) is 5.33. The minimum Gasteiger partial charge on any atom is -0.355 e. The van der Waals surface area contributed by atoms with E-state index in [0.717, 1.165) is 50.8 Å². The van der Waals surface area contributed by atoms with Gasteiger partial charge in [0.1, 0.15) is 0 Å². The van der Waals surface area contributed by atoms with Crippen molar-refractivity contribution in [2.45, 2.75) is 11.3 Å². The van der Waals surface area contributed by atoms with Crippen molar-refractivity contribution in [1.29, 1.82) is 0 Å². The topological polar surface area (TPSA) is 61.4 Å². The molecule has 1 N–H and O–H groups in total. The van der Waals surface area contributed by atoms with Crippen molar-refractivity contribution in [3.8, 4) is 0 Å². The smallest absolute Gasteiger partial charge is 0.234 e. The molecule has 0 bridgehead atoms. The molecular formula is C19H25N5OS. The van der Waals surface area contributed by atoms with Gasteiger partial charge in [-0.15, -0.1) is 11.8 Å². The molecule has 1 aromatic heterocycles. The molecule has 1 fully saturated rings. The number of nitrogens with one attached hydrogen (secondary N) is 1. The maximum absolute atomic E-state index is 12.1. The zero-order chi connectivity index (χ0) is 18.0. The molecule has 1 saturated heterocycles.